The fraction of sp³-hybridized carbons (Fsp3) is 0.0588. The molecule has 0 aliphatic heterocycles. The van der Waals surface area contributed by atoms with E-state index >= 15 is 0 Å². The lowest BCUT2D eigenvalue weighted by Gasteiger charge is -2.08. The Labute approximate surface area is 152 Å². The number of rotatable bonds is 5. The highest BCUT2D eigenvalue weighted by Crippen LogP contribution is 2.27. The topological polar surface area (TPSA) is 85.1 Å². The maximum atomic E-state index is 12.4. The van der Waals surface area contributed by atoms with Crippen molar-refractivity contribution in [1.82, 2.24) is 10.1 Å². The number of nitrogens with one attached hydrogen (secondary N) is 1. The number of sulfonamides is 1. The molecule has 0 fully saturated rings. The standard InChI is InChI=1S/C17H12F3N3O3S/c18-17(19,20)16-21-15(22-26-16)10-9-12-5-4-8-14(11-12)27(24,25)23-13-6-2-1-3-7-13/h1-11,23H/b10-9+. The van der Waals surface area contributed by atoms with Crippen LogP contribution in [0.15, 0.2) is 64.0 Å². The SMILES string of the molecule is O=S(=O)(Nc1ccccc1)c1cccc(/C=C/c2noc(C(F)(F)F)n2)c1. The minimum atomic E-state index is -4.73. The normalized spacial score (nSPS) is 12.4. The van der Waals surface area contributed by atoms with Crippen LogP contribution in [0.5, 0.6) is 0 Å². The Balaban J connectivity index is 1.80. The van der Waals surface area contributed by atoms with E-state index in [1.165, 1.54) is 30.4 Å². The fourth-order valence-electron chi connectivity index (χ4n) is 2.09. The summed E-state index contributed by atoms with van der Waals surface area (Å²) in [4.78, 5) is 3.20. The Morgan fingerprint density at radius 2 is 1.74 bits per heavy atom. The maximum Gasteiger partial charge on any atom is 0.471 e. The summed E-state index contributed by atoms with van der Waals surface area (Å²) in [5.74, 6) is -1.73. The predicted octanol–water partition coefficient (Wildman–Crippen LogP) is 4.06. The molecule has 2 aromatic carbocycles. The van der Waals surface area contributed by atoms with Crippen molar-refractivity contribution in [2.24, 2.45) is 0 Å². The lowest BCUT2D eigenvalue weighted by Crippen LogP contribution is -2.12. The summed E-state index contributed by atoms with van der Waals surface area (Å²) in [5, 5.41) is 3.20. The molecule has 1 aromatic heterocycles. The molecule has 0 unspecified atom stereocenters. The van der Waals surface area contributed by atoms with E-state index in [1.54, 1.807) is 36.4 Å². The van der Waals surface area contributed by atoms with Crippen LogP contribution in [0.1, 0.15) is 17.3 Å². The number of alkyl halides is 3. The molecule has 6 nitrogen and oxygen atoms in total. The molecule has 0 saturated heterocycles. The van der Waals surface area contributed by atoms with Gasteiger partial charge in [-0.25, -0.2) is 8.42 Å². The average Bonchev–Trinajstić information content (AvgIpc) is 3.10. The van der Waals surface area contributed by atoms with E-state index in [0.717, 1.165) is 0 Å². The van der Waals surface area contributed by atoms with Gasteiger partial charge in [0.1, 0.15) is 0 Å². The zero-order valence-corrected chi connectivity index (χ0v) is 14.3. The van der Waals surface area contributed by atoms with Crippen LogP contribution in [-0.4, -0.2) is 18.6 Å². The highest BCUT2D eigenvalue weighted by Gasteiger charge is 2.38. The van der Waals surface area contributed by atoms with Crippen LogP contribution in [0.2, 0.25) is 0 Å². The van der Waals surface area contributed by atoms with Gasteiger partial charge in [-0.05, 0) is 35.9 Å². The first kappa shape index (κ1) is 18.6. The minimum absolute atomic E-state index is 0.00223. The Hall–Kier alpha value is -3.14. The molecule has 1 N–H and O–H groups in total. The van der Waals surface area contributed by atoms with Crippen LogP contribution in [0.4, 0.5) is 18.9 Å². The van der Waals surface area contributed by atoms with Crippen LogP contribution in [-0.2, 0) is 16.2 Å². The zero-order chi connectivity index (χ0) is 19.5. The summed E-state index contributed by atoms with van der Waals surface area (Å²) in [6.45, 7) is 0. The highest BCUT2D eigenvalue weighted by atomic mass is 32.2. The highest BCUT2D eigenvalue weighted by molar-refractivity contribution is 7.92. The molecule has 140 valence electrons. The van der Waals surface area contributed by atoms with Gasteiger partial charge >= 0.3 is 12.1 Å². The maximum absolute atomic E-state index is 12.4. The molecule has 27 heavy (non-hydrogen) atoms. The van der Waals surface area contributed by atoms with E-state index < -0.39 is 22.1 Å². The Morgan fingerprint density at radius 3 is 2.41 bits per heavy atom. The first-order chi connectivity index (χ1) is 12.7. The number of hydrogen-bond donors (Lipinski definition) is 1. The minimum Gasteiger partial charge on any atom is -0.329 e. The van der Waals surface area contributed by atoms with Gasteiger partial charge in [0.15, 0.2) is 5.82 Å². The third-order valence-electron chi connectivity index (χ3n) is 3.30. The monoisotopic (exact) mass is 395 g/mol. The first-order valence-corrected chi connectivity index (χ1v) is 8.99. The van der Waals surface area contributed by atoms with Crippen LogP contribution in [0, 0.1) is 0 Å². The van der Waals surface area contributed by atoms with Crippen molar-refractivity contribution in [3.05, 3.63) is 71.9 Å². The van der Waals surface area contributed by atoms with E-state index in [1.807, 2.05) is 0 Å². The van der Waals surface area contributed by atoms with Gasteiger partial charge in [0.25, 0.3) is 10.0 Å². The Morgan fingerprint density at radius 1 is 1.00 bits per heavy atom. The molecule has 0 saturated carbocycles. The average molecular weight is 395 g/mol. The Kier molecular flexibility index (Phi) is 5.00. The lowest BCUT2D eigenvalue weighted by atomic mass is 10.2. The third-order valence-corrected chi connectivity index (χ3v) is 4.68. The molecule has 3 rings (SSSR count). The van der Waals surface area contributed by atoms with Crippen molar-refractivity contribution >= 4 is 27.9 Å². The number of nitrogens with zero attached hydrogens (tertiary/aromatic N) is 2. The number of para-hydroxylation sites is 1. The number of hydrogen-bond acceptors (Lipinski definition) is 5. The van der Waals surface area contributed by atoms with E-state index in [0.29, 0.717) is 11.3 Å². The summed E-state index contributed by atoms with van der Waals surface area (Å²) in [5.41, 5.74) is 0.842. The summed E-state index contributed by atoms with van der Waals surface area (Å²) >= 11 is 0. The molecule has 0 amide bonds. The molecule has 0 atom stereocenters. The van der Waals surface area contributed by atoms with Gasteiger partial charge in [-0.3, -0.25) is 4.72 Å². The van der Waals surface area contributed by atoms with Crippen molar-refractivity contribution in [3.8, 4) is 0 Å². The van der Waals surface area contributed by atoms with Gasteiger partial charge < -0.3 is 4.52 Å². The summed E-state index contributed by atoms with van der Waals surface area (Å²) < 4.78 is 68.7. The van der Waals surface area contributed by atoms with Gasteiger partial charge in [-0.2, -0.15) is 18.2 Å². The van der Waals surface area contributed by atoms with E-state index in [9.17, 15) is 21.6 Å². The van der Waals surface area contributed by atoms with Gasteiger partial charge in [-0.15, -0.1) is 0 Å². The number of halogens is 3. The molecule has 0 aliphatic carbocycles. The van der Waals surface area contributed by atoms with Crippen LogP contribution in [0.25, 0.3) is 12.2 Å². The van der Waals surface area contributed by atoms with Crippen molar-refractivity contribution in [1.29, 1.82) is 0 Å². The molecule has 10 heteroatoms. The second-order valence-electron chi connectivity index (χ2n) is 5.33. The van der Waals surface area contributed by atoms with Crippen LogP contribution < -0.4 is 4.72 Å². The van der Waals surface area contributed by atoms with Crippen molar-refractivity contribution in [2.75, 3.05) is 4.72 Å². The summed E-state index contributed by atoms with van der Waals surface area (Å²) in [6, 6.07) is 14.2. The van der Waals surface area contributed by atoms with Gasteiger partial charge in [0.05, 0.1) is 4.90 Å². The predicted molar refractivity (Wildman–Crippen MR) is 91.9 cm³/mol. The molecular formula is C17H12F3N3O3S. The van der Waals surface area contributed by atoms with Gasteiger partial charge in [-0.1, -0.05) is 41.6 Å². The van der Waals surface area contributed by atoms with Crippen molar-refractivity contribution in [3.63, 3.8) is 0 Å². The van der Waals surface area contributed by atoms with Crippen LogP contribution >= 0.6 is 0 Å². The van der Waals surface area contributed by atoms with Crippen LogP contribution in [0.3, 0.4) is 0 Å². The van der Waals surface area contributed by atoms with Crippen molar-refractivity contribution < 1.29 is 26.1 Å². The summed E-state index contributed by atoms with van der Waals surface area (Å²) in [7, 11) is -3.82. The van der Waals surface area contributed by atoms with Gasteiger partial charge in [0, 0.05) is 5.69 Å². The van der Waals surface area contributed by atoms with E-state index in [2.05, 4.69) is 19.4 Å². The van der Waals surface area contributed by atoms with E-state index in [-0.39, 0.29) is 10.7 Å². The zero-order valence-electron chi connectivity index (χ0n) is 13.5. The van der Waals surface area contributed by atoms with E-state index in [4.69, 9.17) is 0 Å². The largest absolute Gasteiger partial charge is 0.471 e. The quantitative estimate of drug-likeness (QED) is 0.704. The molecule has 0 spiro atoms. The molecule has 0 aliphatic rings. The fourth-order valence-corrected chi connectivity index (χ4v) is 3.21. The smallest absolute Gasteiger partial charge is 0.329 e. The number of benzene rings is 2. The second kappa shape index (κ2) is 7.23. The molecule has 0 radical (unpaired) electrons. The summed E-state index contributed by atoms with van der Waals surface area (Å²) in [6.07, 6.45) is -2.15. The Bertz CT molecular complexity index is 1060. The lowest BCUT2D eigenvalue weighted by molar-refractivity contribution is -0.159. The number of anilines is 1. The first-order valence-electron chi connectivity index (χ1n) is 7.51. The van der Waals surface area contributed by atoms with Gasteiger partial charge in [0.2, 0.25) is 0 Å². The molecule has 3 aromatic rings. The second-order valence-corrected chi connectivity index (χ2v) is 7.02. The molecular weight excluding hydrogens is 383 g/mol. The van der Waals surface area contributed by atoms with Crippen molar-refractivity contribution in [2.45, 2.75) is 11.1 Å². The molecule has 1 heterocycles. The number of aromatic nitrogens is 2. The third kappa shape index (κ3) is 4.73. The molecule has 0 bridgehead atoms.